The molecule has 1 aromatic heterocycles. The highest BCUT2D eigenvalue weighted by molar-refractivity contribution is 7.15. The fraction of sp³-hybridized carbons (Fsp3) is 0.824. The zero-order valence-corrected chi connectivity index (χ0v) is 15.1. The first-order chi connectivity index (χ1) is 9.89. The van der Waals surface area contributed by atoms with Gasteiger partial charge in [0.15, 0.2) is 5.13 Å². The van der Waals surface area contributed by atoms with E-state index in [1.165, 1.54) is 48.1 Å². The van der Waals surface area contributed by atoms with Crippen LogP contribution in [0.25, 0.3) is 0 Å². The number of hydrogen-bond acceptors (Lipinski definition) is 4. The molecule has 1 aromatic rings. The molecule has 1 atom stereocenters. The Labute approximate surface area is 134 Å². The average molecular weight is 310 g/mol. The largest absolute Gasteiger partial charge is 0.348 e. The van der Waals surface area contributed by atoms with Crippen molar-refractivity contribution in [3.05, 3.63) is 10.6 Å². The summed E-state index contributed by atoms with van der Waals surface area (Å²) in [6.45, 7) is 14.6. The maximum atomic E-state index is 4.96. The molecule has 4 heteroatoms. The zero-order chi connectivity index (χ0) is 15.5. The summed E-state index contributed by atoms with van der Waals surface area (Å²) in [6.07, 6.45) is 4.94. The lowest BCUT2D eigenvalue weighted by molar-refractivity contribution is 0.425. The van der Waals surface area contributed by atoms with Crippen LogP contribution in [0.1, 0.15) is 64.5 Å². The predicted molar refractivity (Wildman–Crippen MR) is 93.3 cm³/mol. The van der Waals surface area contributed by atoms with Gasteiger partial charge in [-0.15, -0.1) is 11.3 Å². The van der Waals surface area contributed by atoms with Crippen LogP contribution in [0.4, 0.5) is 5.13 Å². The first-order valence-corrected chi connectivity index (χ1v) is 9.19. The Morgan fingerprint density at radius 2 is 2.14 bits per heavy atom. The Bertz CT molecular complexity index is 447. The minimum atomic E-state index is 0.160. The summed E-state index contributed by atoms with van der Waals surface area (Å²) in [5.41, 5.74) is 1.47. The Morgan fingerprint density at radius 3 is 2.76 bits per heavy atom. The summed E-state index contributed by atoms with van der Waals surface area (Å²) >= 11 is 1.90. The van der Waals surface area contributed by atoms with Gasteiger partial charge in [0.05, 0.1) is 5.69 Å². The normalized spacial score (nSPS) is 20.0. The molecule has 0 radical (unpaired) electrons. The monoisotopic (exact) mass is 309 g/mol. The molecule has 1 aliphatic heterocycles. The topological polar surface area (TPSA) is 28.2 Å². The molecule has 120 valence electrons. The summed E-state index contributed by atoms with van der Waals surface area (Å²) in [5, 5.41) is 4.86. The summed E-state index contributed by atoms with van der Waals surface area (Å²) in [5.74, 6) is 0.799. The van der Waals surface area contributed by atoms with Crippen molar-refractivity contribution in [1.29, 1.82) is 0 Å². The summed E-state index contributed by atoms with van der Waals surface area (Å²) < 4.78 is 0. The van der Waals surface area contributed by atoms with Crippen molar-refractivity contribution in [1.82, 2.24) is 10.3 Å². The van der Waals surface area contributed by atoms with E-state index >= 15 is 0 Å². The van der Waals surface area contributed by atoms with Crippen LogP contribution in [-0.2, 0) is 13.0 Å². The van der Waals surface area contributed by atoms with Gasteiger partial charge in [0, 0.05) is 30.1 Å². The lowest BCUT2D eigenvalue weighted by Crippen LogP contribution is -2.35. The number of anilines is 1. The lowest BCUT2D eigenvalue weighted by atomic mass is 10.0. The van der Waals surface area contributed by atoms with Crippen molar-refractivity contribution in [2.75, 3.05) is 18.0 Å². The molecule has 1 N–H and O–H groups in total. The second kappa shape index (κ2) is 7.10. The smallest absolute Gasteiger partial charge is 0.185 e. The van der Waals surface area contributed by atoms with E-state index in [0.29, 0.717) is 0 Å². The molecular weight excluding hydrogens is 278 g/mol. The van der Waals surface area contributed by atoms with Crippen LogP contribution in [0.3, 0.4) is 0 Å². The number of piperidine rings is 1. The van der Waals surface area contributed by atoms with E-state index in [4.69, 9.17) is 4.98 Å². The third-order valence-corrected chi connectivity index (χ3v) is 5.12. The second-order valence-electron chi connectivity index (χ2n) is 7.41. The molecule has 0 bridgehead atoms. The molecule has 1 aliphatic rings. The lowest BCUT2D eigenvalue weighted by Gasteiger charge is -2.30. The van der Waals surface area contributed by atoms with Crippen molar-refractivity contribution in [3.8, 4) is 0 Å². The molecule has 0 saturated carbocycles. The Morgan fingerprint density at radius 1 is 1.38 bits per heavy atom. The Balaban J connectivity index is 2.12. The number of thiazole rings is 1. The minimum absolute atomic E-state index is 0.160. The van der Waals surface area contributed by atoms with Gasteiger partial charge in [0.25, 0.3) is 0 Å². The van der Waals surface area contributed by atoms with E-state index in [1.807, 2.05) is 11.3 Å². The van der Waals surface area contributed by atoms with Crippen LogP contribution < -0.4 is 10.2 Å². The molecular formula is C17H31N3S. The molecule has 2 rings (SSSR count). The molecule has 3 nitrogen and oxygen atoms in total. The van der Waals surface area contributed by atoms with Gasteiger partial charge in [-0.1, -0.05) is 20.3 Å². The highest BCUT2D eigenvalue weighted by Gasteiger charge is 2.21. The minimum Gasteiger partial charge on any atom is -0.348 e. The summed E-state index contributed by atoms with van der Waals surface area (Å²) in [6, 6.07) is 0. The van der Waals surface area contributed by atoms with E-state index in [1.54, 1.807) is 0 Å². The van der Waals surface area contributed by atoms with Crippen molar-refractivity contribution >= 4 is 16.5 Å². The Kier molecular flexibility index (Phi) is 5.67. The fourth-order valence-electron chi connectivity index (χ4n) is 2.78. The molecule has 0 aromatic carbocycles. The van der Waals surface area contributed by atoms with E-state index in [2.05, 4.69) is 44.8 Å². The summed E-state index contributed by atoms with van der Waals surface area (Å²) in [7, 11) is 0. The molecule has 0 aliphatic carbocycles. The summed E-state index contributed by atoms with van der Waals surface area (Å²) in [4.78, 5) is 8.89. The highest BCUT2D eigenvalue weighted by atomic mass is 32.1. The fourth-order valence-corrected chi connectivity index (χ4v) is 3.86. The first-order valence-electron chi connectivity index (χ1n) is 8.37. The zero-order valence-electron chi connectivity index (χ0n) is 14.3. The van der Waals surface area contributed by atoms with E-state index in [-0.39, 0.29) is 5.54 Å². The van der Waals surface area contributed by atoms with Crippen LogP contribution in [0.2, 0.25) is 0 Å². The van der Waals surface area contributed by atoms with Crippen LogP contribution in [0.5, 0.6) is 0 Å². The molecule has 0 amide bonds. The third-order valence-electron chi connectivity index (χ3n) is 3.96. The number of nitrogens with one attached hydrogen (secondary N) is 1. The van der Waals surface area contributed by atoms with Gasteiger partial charge in [-0.3, -0.25) is 0 Å². The number of aryl methyl sites for hydroxylation is 1. The van der Waals surface area contributed by atoms with Crippen molar-refractivity contribution in [3.63, 3.8) is 0 Å². The number of aromatic nitrogens is 1. The van der Waals surface area contributed by atoms with E-state index in [9.17, 15) is 0 Å². The number of rotatable bonds is 5. The van der Waals surface area contributed by atoms with Gasteiger partial charge < -0.3 is 10.2 Å². The van der Waals surface area contributed by atoms with Crippen LogP contribution in [0.15, 0.2) is 0 Å². The first kappa shape index (κ1) is 16.8. The van der Waals surface area contributed by atoms with E-state index in [0.717, 1.165) is 18.9 Å². The molecule has 0 spiro atoms. The number of hydrogen-bond donors (Lipinski definition) is 1. The standard InChI is InChI=1S/C17H31N3S/c1-6-8-14-15(11-18-17(3,4)5)21-16(19-14)20-10-7-9-13(2)12-20/h13,18H,6-12H2,1-5H3. The van der Waals surface area contributed by atoms with Gasteiger partial charge in [0.2, 0.25) is 0 Å². The van der Waals surface area contributed by atoms with Gasteiger partial charge in [-0.05, 0) is 46.0 Å². The van der Waals surface area contributed by atoms with Gasteiger partial charge in [-0.25, -0.2) is 4.98 Å². The SMILES string of the molecule is CCCc1nc(N2CCCC(C)C2)sc1CNC(C)(C)C. The Hall–Kier alpha value is -0.610. The van der Waals surface area contributed by atoms with Crippen LogP contribution in [0, 0.1) is 5.92 Å². The van der Waals surface area contributed by atoms with Crippen molar-refractivity contribution < 1.29 is 0 Å². The number of nitrogens with zero attached hydrogens (tertiary/aromatic N) is 2. The second-order valence-corrected chi connectivity index (χ2v) is 8.48. The van der Waals surface area contributed by atoms with Crippen molar-refractivity contribution in [2.45, 2.75) is 72.4 Å². The third kappa shape index (κ3) is 4.96. The molecule has 1 fully saturated rings. The maximum Gasteiger partial charge on any atom is 0.185 e. The quantitative estimate of drug-likeness (QED) is 0.882. The molecule has 2 heterocycles. The molecule has 21 heavy (non-hydrogen) atoms. The molecule has 1 unspecified atom stereocenters. The maximum absolute atomic E-state index is 4.96. The van der Waals surface area contributed by atoms with Gasteiger partial charge >= 0.3 is 0 Å². The van der Waals surface area contributed by atoms with E-state index < -0.39 is 0 Å². The predicted octanol–water partition coefficient (Wildman–Crippen LogP) is 4.22. The molecule has 1 saturated heterocycles. The van der Waals surface area contributed by atoms with Gasteiger partial charge in [-0.2, -0.15) is 0 Å². The van der Waals surface area contributed by atoms with Crippen molar-refractivity contribution in [2.24, 2.45) is 5.92 Å². The highest BCUT2D eigenvalue weighted by Crippen LogP contribution is 2.30. The van der Waals surface area contributed by atoms with Gasteiger partial charge in [0.1, 0.15) is 0 Å². The van der Waals surface area contributed by atoms with Crippen LogP contribution >= 0.6 is 11.3 Å². The average Bonchev–Trinajstić information content (AvgIpc) is 2.79. The van der Waals surface area contributed by atoms with Crippen LogP contribution in [-0.4, -0.2) is 23.6 Å².